The third-order valence-electron chi connectivity index (χ3n) is 4.14. The van der Waals surface area contributed by atoms with Crippen LogP contribution in [0.2, 0.25) is 0 Å². The molecule has 2 rings (SSSR count). The molecule has 0 heterocycles. The number of amides is 1. The fourth-order valence-corrected chi connectivity index (χ4v) is 2.85. The molecule has 0 radical (unpaired) electrons. The van der Waals surface area contributed by atoms with Gasteiger partial charge in [-0.15, -0.1) is 0 Å². The largest absolute Gasteiger partial charge is 0.380 e. The number of hydrogen-bond acceptors (Lipinski definition) is 3. The van der Waals surface area contributed by atoms with Gasteiger partial charge in [0.2, 0.25) is 0 Å². The van der Waals surface area contributed by atoms with Crippen molar-refractivity contribution in [2.45, 2.75) is 44.8 Å². The van der Waals surface area contributed by atoms with Gasteiger partial charge in [0.1, 0.15) is 0 Å². The van der Waals surface area contributed by atoms with Crippen molar-refractivity contribution >= 4 is 5.91 Å². The Morgan fingerprint density at radius 2 is 1.90 bits per heavy atom. The first-order valence-electron chi connectivity index (χ1n) is 7.82. The number of aryl methyl sites for hydroxylation is 1. The lowest BCUT2D eigenvalue weighted by Crippen LogP contribution is -2.45. The van der Waals surface area contributed by atoms with E-state index in [0.717, 1.165) is 24.9 Å². The Bertz CT molecular complexity index is 445. The molecular formula is C17H26N2O2. The molecule has 0 aromatic heterocycles. The maximum absolute atomic E-state index is 12.0. The average molecular weight is 290 g/mol. The molecule has 116 valence electrons. The molecule has 1 fully saturated rings. The number of carbonyl (C=O) groups excluding carboxylic acids is 1. The van der Waals surface area contributed by atoms with Crippen LogP contribution < -0.4 is 10.6 Å². The predicted molar refractivity (Wildman–Crippen MR) is 84.6 cm³/mol. The standard InChI is InChI=1S/C17H26N2O2/c1-13-7-9-14(10-8-13)17(20)19-12-11-18-15-5-3-4-6-16(15)21-2/h7-10,15-16,18H,3-6,11-12H2,1-2H3,(H,19,20). The molecule has 0 aliphatic heterocycles. The van der Waals surface area contributed by atoms with Crippen LogP contribution >= 0.6 is 0 Å². The van der Waals surface area contributed by atoms with Gasteiger partial charge in [-0.3, -0.25) is 4.79 Å². The molecule has 1 aliphatic rings. The van der Waals surface area contributed by atoms with Crippen LogP contribution in [-0.2, 0) is 4.74 Å². The summed E-state index contributed by atoms with van der Waals surface area (Å²) in [5, 5.41) is 6.45. The summed E-state index contributed by atoms with van der Waals surface area (Å²) < 4.78 is 5.51. The van der Waals surface area contributed by atoms with Crippen LogP contribution in [0.5, 0.6) is 0 Å². The summed E-state index contributed by atoms with van der Waals surface area (Å²) in [5.41, 5.74) is 1.88. The number of methoxy groups -OCH3 is 1. The van der Waals surface area contributed by atoms with Crippen molar-refractivity contribution in [1.29, 1.82) is 0 Å². The smallest absolute Gasteiger partial charge is 0.251 e. The highest BCUT2D eigenvalue weighted by Crippen LogP contribution is 2.20. The van der Waals surface area contributed by atoms with Crippen LogP contribution in [0.1, 0.15) is 41.6 Å². The molecule has 2 unspecified atom stereocenters. The molecule has 0 saturated heterocycles. The van der Waals surface area contributed by atoms with Crippen molar-refractivity contribution in [1.82, 2.24) is 10.6 Å². The topological polar surface area (TPSA) is 50.4 Å². The van der Waals surface area contributed by atoms with Gasteiger partial charge in [-0.25, -0.2) is 0 Å². The highest BCUT2D eigenvalue weighted by atomic mass is 16.5. The predicted octanol–water partition coefficient (Wildman–Crippen LogP) is 2.27. The van der Waals surface area contributed by atoms with Gasteiger partial charge in [0.05, 0.1) is 6.10 Å². The fraction of sp³-hybridized carbons (Fsp3) is 0.588. The minimum Gasteiger partial charge on any atom is -0.380 e. The molecule has 1 amide bonds. The zero-order valence-corrected chi connectivity index (χ0v) is 13.0. The van der Waals surface area contributed by atoms with Crippen LogP contribution in [0.4, 0.5) is 0 Å². The minimum atomic E-state index is -0.0104. The second-order valence-corrected chi connectivity index (χ2v) is 5.74. The van der Waals surface area contributed by atoms with Gasteiger partial charge >= 0.3 is 0 Å². The van der Waals surface area contributed by atoms with Gasteiger partial charge < -0.3 is 15.4 Å². The normalized spacial score (nSPS) is 22.0. The summed E-state index contributed by atoms with van der Waals surface area (Å²) in [5.74, 6) is -0.0104. The van der Waals surface area contributed by atoms with Crippen LogP contribution in [0.3, 0.4) is 0 Å². The van der Waals surface area contributed by atoms with Crippen molar-refractivity contribution in [2.24, 2.45) is 0 Å². The summed E-state index contributed by atoms with van der Waals surface area (Å²) in [6.07, 6.45) is 5.11. The highest BCUT2D eigenvalue weighted by molar-refractivity contribution is 5.94. The second kappa shape index (κ2) is 8.15. The Morgan fingerprint density at radius 3 is 2.62 bits per heavy atom. The van der Waals surface area contributed by atoms with Crippen LogP contribution in [0, 0.1) is 6.92 Å². The summed E-state index contributed by atoms with van der Waals surface area (Å²) in [6.45, 7) is 3.43. The molecule has 1 aliphatic carbocycles. The lowest BCUT2D eigenvalue weighted by Gasteiger charge is -2.31. The Hall–Kier alpha value is -1.39. The van der Waals surface area contributed by atoms with E-state index in [2.05, 4.69) is 10.6 Å². The number of benzene rings is 1. The summed E-state index contributed by atoms with van der Waals surface area (Å²) >= 11 is 0. The first-order chi connectivity index (χ1) is 10.2. The van der Waals surface area contributed by atoms with Gasteiger partial charge in [0.25, 0.3) is 5.91 Å². The molecule has 4 nitrogen and oxygen atoms in total. The van der Waals surface area contributed by atoms with Gasteiger partial charge in [0, 0.05) is 31.8 Å². The number of nitrogens with one attached hydrogen (secondary N) is 2. The van der Waals surface area contributed by atoms with E-state index in [-0.39, 0.29) is 5.91 Å². The number of carbonyl (C=O) groups is 1. The molecule has 1 aromatic carbocycles. The fourth-order valence-electron chi connectivity index (χ4n) is 2.85. The Balaban J connectivity index is 1.69. The van der Waals surface area contributed by atoms with E-state index in [4.69, 9.17) is 4.74 Å². The lowest BCUT2D eigenvalue weighted by molar-refractivity contribution is 0.0421. The average Bonchev–Trinajstić information content (AvgIpc) is 2.52. The van der Waals surface area contributed by atoms with Gasteiger partial charge in [-0.1, -0.05) is 30.5 Å². The molecule has 2 atom stereocenters. The molecule has 2 N–H and O–H groups in total. The summed E-state index contributed by atoms with van der Waals surface area (Å²) in [6, 6.07) is 8.05. The summed E-state index contributed by atoms with van der Waals surface area (Å²) in [7, 11) is 1.78. The van der Waals surface area contributed by atoms with Gasteiger partial charge in [0.15, 0.2) is 0 Å². The number of hydrogen-bond donors (Lipinski definition) is 2. The van der Waals surface area contributed by atoms with Crippen LogP contribution in [0.25, 0.3) is 0 Å². The molecule has 0 spiro atoms. The van der Waals surface area contributed by atoms with E-state index in [0.29, 0.717) is 24.3 Å². The van der Waals surface area contributed by atoms with Crippen LogP contribution in [-0.4, -0.2) is 38.3 Å². The molecule has 21 heavy (non-hydrogen) atoms. The zero-order chi connectivity index (χ0) is 15.1. The molecule has 1 saturated carbocycles. The summed E-state index contributed by atoms with van der Waals surface area (Å²) in [4.78, 5) is 12.0. The maximum Gasteiger partial charge on any atom is 0.251 e. The monoisotopic (exact) mass is 290 g/mol. The van der Waals surface area contributed by atoms with Crippen molar-refractivity contribution in [2.75, 3.05) is 20.2 Å². The molecular weight excluding hydrogens is 264 g/mol. The third-order valence-corrected chi connectivity index (χ3v) is 4.14. The number of rotatable bonds is 6. The van der Waals surface area contributed by atoms with Crippen molar-refractivity contribution < 1.29 is 9.53 Å². The van der Waals surface area contributed by atoms with E-state index in [1.165, 1.54) is 12.8 Å². The van der Waals surface area contributed by atoms with Crippen molar-refractivity contribution in [3.8, 4) is 0 Å². The van der Waals surface area contributed by atoms with Crippen LogP contribution in [0.15, 0.2) is 24.3 Å². The second-order valence-electron chi connectivity index (χ2n) is 5.74. The molecule has 0 bridgehead atoms. The van der Waals surface area contributed by atoms with Gasteiger partial charge in [-0.2, -0.15) is 0 Å². The third kappa shape index (κ3) is 4.83. The minimum absolute atomic E-state index is 0.0104. The van der Waals surface area contributed by atoms with Crippen molar-refractivity contribution in [3.05, 3.63) is 35.4 Å². The Kier molecular flexibility index (Phi) is 6.21. The Morgan fingerprint density at radius 1 is 1.19 bits per heavy atom. The SMILES string of the molecule is COC1CCCCC1NCCNC(=O)c1ccc(C)cc1. The Labute approximate surface area is 127 Å². The highest BCUT2D eigenvalue weighted by Gasteiger charge is 2.23. The first kappa shape index (κ1) is 16.0. The van der Waals surface area contributed by atoms with Crippen molar-refractivity contribution in [3.63, 3.8) is 0 Å². The lowest BCUT2D eigenvalue weighted by atomic mass is 9.92. The quantitative estimate of drug-likeness (QED) is 0.790. The van der Waals surface area contributed by atoms with E-state index in [1.54, 1.807) is 7.11 Å². The maximum atomic E-state index is 12.0. The zero-order valence-electron chi connectivity index (χ0n) is 13.0. The molecule has 4 heteroatoms. The van der Waals surface area contributed by atoms with E-state index < -0.39 is 0 Å². The first-order valence-corrected chi connectivity index (χ1v) is 7.82. The van der Waals surface area contributed by atoms with E-state index in [9.17, 15) is 4.79 Å². The number of ether oxygens (including phenoxy) is 1. The van der Waals surface area contributed by atoms with E-state index >= 15 is 0 Å². The van der Waals surface area contributed by atoms with Gasteiger partial charge in [-0.05, 0) is 31.9 Å². The van der Waals surface area contributed by atoms with E-state index in [1.807, 2.05) is 31.2 Å². The molecule has 1 aromatic rings.